The number of rotatable bonds is 5. The Bertz CT molecular complexity index is 436. The molecular formula is C13H16ClN3. The SMILES string of the molecule is CC(NCCc1ccc(Cl)cc1)c1ncc[nH]1. The normalized spacial score (nSPS) is 12.6. The molecule has 1 unspecified atom stereocenters. The van der Waals surface area contributed by atoms with Crippen LogP contribution in [0.15, 0.2) is 36.7 Å². The molecule has 0 spiro atoms. The van der Waals surface area contributed by atoms with E-state index in [1.807, 2.05) is 18.3 Å². The number of nitrogens with one attached hydrogen (secondary N) is 2. The summed E-state index contributed by atoms with van der Waals surface area (Å²) in [7, 11) is 0. The van der Waals surface area contributed by atoms with Gasteiger partial charge in [-0.15, -0.1) is 0 Å². The molecule has 0 aliphatic rings. The Balaban J connectivity index is 1.78. The van der Waals surface area contributed by atoms with Crippen molar-refractivity contribution in [1.82, 2.24) is 15.3 Å². The van der Waals surface area contributed by atoms with Gasteiger partial charge in [-0.05, 0) is 37.6 Å². The average Bonchev–Trinajstić information content (AvgIpc) is 2.85. The number of aromatic amines is 1. The molecule has 1 aromatic carbocycles. The van der Waals surface area contributed by atoms with Gasteiger partial charge in [-0.1, -0.05) is 23.7 Å². The molecule has 0 fully saturated rings. The molecule has 17 heavy (non-hydrogen) atoms. The molecule has 1 heterocycles. The quantitative estimate of drug-likeness (QED) is 0.855. The monoisotopic (exact) mass is 249 g/mol. The number of hydrogen-bond donors (Lipinski definition) is 2. The fourth-order valence-corrected chi connectivity index (χ4v) is 1.82. The lowest BCUT2D eigenvalue weighted by Crippen LogP contribution is -2.22. The van der Waals surface area contributed by atoms with Crippen LogP contribution in [0.25, 0.3) is 0 Å². The third-order valence-corrected chi connectivity index (χ3v) is 2.96. The summed E-state index contributed by atoms with van der Waals surface area (Å²) in [6.07, 6.45) is 4.60. The molecule has 2 rings (SSSR count). The van der Waals surface area contributed by atoms with E-state index in [-0.39, 0.29) is 6.04 Å². The van der Waals surface area contributed by atoms with E-state index in [0.29, 0.717) is 0 Å². The van der Waals surface area contributed by atoms with Crippen molar-refractivity contribution in [2.45, 2.75) is 19.4 Å². The van der Waals surface area contributed by atoms with E-state index in [0.717, 1.165) is 23.8 Å². The first kappa shape index (κ1) is 12.1. The molecule has 0 aliphatic carbocycles. The number of imidazole rings is 1. The summed E-state index contributed by atoms with van der Waals surface area (Å²) >= 11 is 5.84. The Labute approximate surface area is 106 Å². The lowest BCUT2D eigenvalue weighted by molar-refractivity contribution is 0.554. The Morgan fingerprint density at radius 3 is 2.76 bits per heavy atom. The van der Waals surface area contributed by atoms with Crippen LogP contribution in [-0.4, -0.2) is 16.5 Å². The highest BCUT2D eigenvalue weighted by atomic mass is 35.5. The van der Waals surface area contributed by atoms with E-state index < -0.39 is 0 Å². The second-order valence-corrected chi connectivity index (χ2v) is 4.46. The molecule has 0 saturated heterocycles. The topological polar surface area (TPSA) is 40.7 Å². The van der Waals surface area contributed by atoms with Crippen LogP contribution in [-0.2, 0) is 6.42 Å². The van der Waals surface area contributed by atoms with E-state index in [1.54, 1.807) is 6.20 Å². The molecule has 0 amide bonds. The van der Waals surface area contributed by atoms with Gasteiger partial charge in [0.1, 0.15) is 5.82 Å². The second-order valence-electron chi connectivity index (χ2n) is 4.03. The van der Waals surface area contributed by atoms with Gasteiger partial charge in [0, 0.05) is 17.4 Å². The van der Waals surface area contributed by atoms with Gasteiger partial charge in [0.2, 0.25) is 0 Å². The van der Waals surface area contributed by atoms with Gasteiger partial charge in [-0.2, -0.15) is 0 Å². The first-order chi connectivity index (χ1) is 8.25. The highest BCUT2D eigenvalue weighted by molar-refractivity contribution is 6.30. The summed E-state index contributed by atoms with van der Waals surface area (Å²) in [6.45, 7) is 3.02. The maximum absolute atomic E-state index is 5.84. The van der Waals surface area contributed by atoms with Crippen LogP contribution in [0.3, 0.4) is 0 Å². The van der Waals surface area contributed by atoms with Crippen LogP contribution >= 0.6 is 11.6 Å². The van der Waals surface area contributed by atoms with Gasteiger partial charge in [0.25, 0.3) is 0 Å². The van der Waals surface area contributed by atoms with E-state index in [2.05, 4.69) is 34.3 Å². The van der Waals surface area contributed by atoms with E-state index in [4.69, 9.17) is 11.6 Å². The van der Waals surface area contributed by atoms with Gasteiger partial charge >= 0.3 is 0 Å². The molecule has 2 aromatic rings. The van der Waals surface area contributed by atoms with E-state index in [9.17, 15) is 0 Å². The zero-order chi connectivity index (χ0) is 12.1. The lowest BCUT2D eigenvalue weighted by atomic mass is 10.1. The zero-order valence-corrected chi connectivity index (χ0v) is 10.5. The van der Waals surface area contributed by atoms with Crippen molar-refractivity contribution < 1.29 is 0 Å². The van der Waals surface area contributed by atoms with Crippen molar-refractivity contribution in [3.8, 4) is 0 Å². The number of nitrogens with zero attached hydrogens (tertiary/aromatic N) is 1. The first-order valence-electron chi connectivity index (χ1n) is 5.73. The second kappa shape index (κ2) is 5.84. The smallest absolute Gasteiger partial charge is 0.122 e. The zero-order valence-electron chi connectivity index (χ0n) is 9.78. The van der Waals surface area contributed by atoms with Crippen molar-refractivity contribution in [3.05, 3.63) is 53.1 Å². The summed E-state index contributed by atoms with van der Waals surface area (Å²) in [4.78, 5) is 7.32. The van der Waals surface area contributed by atoms with Crippen LogP contribution in [0.1, 0.15) is 24.4 Å². The molecule has 0 radical (unpaired) electrons. The van der Waals surface area contributed by atoms with Crippen molar-refractivity contribution in [3.63, 3.8) is 0 Å². The van der Waals surface area contributed by atoms with Gasteiger partial charge in [-0.25, -0.2) is 4.98 Å². The number of benzene rings is 1. The molecule has 4 heteroatoms. The van der Waals surface area contributed by atoms with Crippen LogP contribution < -0.4 is 5.32 Å². The van der Waals surface area contributed by atoms with Crippen LogP contribution in [0.5, 0.6) is 0 Å². The Morgan fingerprint density at radius 2 is 2.12 bits per heavy atom. The standard InChI is InChI=1S/C13H16ClN3/c1-10(13-16-8-9-17-13)15-7-6-11-2-4-12(14)5-3-11/h2-5,8-10,15H,6-7H2,1H3,(H,16,17). The van der Waals surface area contributed by atoms with Gasteiger partial charge in [0.15, 0.2) is 0 Å². The molecule has 1 atom stereocenters. The fraction of sp³-hybridized carbons (Fsp3) is 0.308. The van der Waals surface area contributed by atoms with E-state index >= 15 is 0 Å². The minimum Gasteiger partial charge on any atom is -0.347 e. The average molecular weight is 250 g/mol. The number of H-pyrrole nitrogens is 1. The van der Waals surface area contributed by atoms with Crippen LogP contribution in [0.2, 0.25) is 5.02 Å². The summed E-state index contributed by atoms with van der Waals surface area (Å²) in [5.74, 6) is 0.973. The predicted molar refractivity (Wildman–Crippen MR) is 70.2 cm³/mol. The third kappa shape index (κ3) is 3.58. The minimum atomic E-state index is 0.248. The maximum Gasteiger partial charge on any atom is 0.122 e. The largest absolute Gasteiger partial charge is 0.347 e. The molecule has 1 aromatic heterocycles. The molecular weight excluding hydrogens is 234 g/mol. The number of hydrogen-bond acceptors (Lipinski definition) is 2. The molecule has 0 aliphatic heterocycles. The maximum atomic E-state index is 5.84. The highest BCUT2D eigenvalue weighted by Crippen LogP contribution is 2.10. The van der Waals surface area contributed by atoms with Crippen molar-refractivity contribution in [2.75, 3.05) is 6.54 Å². The van der Waals surface area contributed by atoms with Gasteiger partial charge in [0.05, 0.1) is 6.04 Å². The number of aromatic nitrogens is 2. The Morgan fingerprint density at radius 1 is 1.35 bits per heavy atom. The van der Waals surface area contributed by atoms with Crippen molar-refractivity contribution in [1.29, 1.82) is 0 Å². The molecule has 90 valence electrons. The molecule has 3 nitrogen and oxygen atoms in total. The first-order valence-corrected chi connectivity index (χ1v) is 6.10. The van der Waals surface area contributed by atoms with Gasteiger partial charge in [-0.3, -0.25) is 0 Å². The third-order valence-electron chi connectivity index (χ3n) is 2.71. The van der Waals surface area contributed by atoms with E-state index in [1.165, 1.54) is 5.56 Å². The summed E-state index contributed by atoms with van der Waals surface area (Å²) in [5.41, 5.74) is 1.29. The predicted octanol–water partition coefficient (Wildman–Crippen LogP) is 2.96. The van der Waals surface area contributed by atoms with Crippen LogP contribution in [0, 0.1) is 0 Å². The summed E-state index contributed by atoms with van der Waals surface area (Å²) in [5, 5.41) is 4.20. The van der Waals surface area contributed by atoms with Gasteiger partial charge < -0.3 is 10.3 Å². The summed E-state index contributed by atoms with van der Waals surface area (Å²) in [6, 6.07) is 8.21. The Kier molecular flexibility index (Phi) is 4.18. The molecule has 0 saturated carbocycles. The minimum absolute atomic E-state index is 0.248. The lowest BCUT2D eigenvalue weighted by Gasteiger charge is -2.11. The molecule has 2 N–H and O–H groups in total. The highest BCUT2D eigenvalue weighted by Gasteiger charge is 2.05. The Hall–Kier alpha value is -1.32. The van der Waals surface area contributed by atoms with Crippen molar-refractivity contribution in [2.24, 2.45) is 0 Å². The van der Waals surface area contributed by atoms with Crippen molar-refractivity contribution >= 4 is 11.6 Å². The summed E-state index contributed by atoms with van der Waals surface area (Å²) < 4.78 is 0. The van der Waals surface area contributed by atoms with Crippen LogP contribution in [0.4, 0.5) is 0 Å². The number of halogens is 1. The molecule has 0 bridgehead atoms. The fourth-order valence-electron chi connectivity index (χ4n) is 1.70.